The molecule has 0 saturated carbocycles. The zero-order chi connectivity index (χ0) is 23.7. The van der Waals surface area contributed by atoms with Crippen molar-refractivity contribution in [3.63, 3.8) is 0 Å². The number of halogens is 1. The Morgan fingerprint density at radius 2 is 1.55 bits per heavy atom. The molecule has 0 amide bonds. The highest BCUT2D eigenvalue weighted by atomic mass is 32.2. The van der Waals surface area contributed by atoms with E-state index in [2.05, 4.69) is 4.72 Å². The van der Waals surface area contributed by atoms with E-state index in [1.54, 1.807) is 36.4 Å². The van der Waals surface area contributed by atoms with Gasteiger partial charge in [-0.15, -0.1) is 0 Å². The van der Waals surface area contributed by atoms with Gasteiger partial charge in [0.2, 0.25) is 0 Å². The van der Waals surface area contributed by atoms with Crippen LogP contribution in [0.1, 0.15) is 5.56 Å². The molecular weight excluding hydrogens is 449 g/mol. The Kier molecular flexibility index (Phi) is 8.04. The predicted octanol–water partition coefficient (Wildman–Crippen LogP) is 4.27. The highest BCUT2D eigenvalue weighted by molar-refractivity contribution is 7.92. The number of esters is 1. The van der Waals surface area contributed by atoms with E-state index in [9.17, 15) is 17.6 Å². The second kappa shape index (κ2) is 11.1. The number of nitrogens with one attached hydrogen (secondary N) is 1. The number of methoxy groups -OCH3 is 1. The van der Waals surface area contributed by atoms with Crippen LogP contribution in [0.2, 0.25) is 0 Å². The largest absolute Gasteiger partial charge is 0.497 e. The molecule has 0 aliphatic rings. The van der Waals surface area contributed by atoms with Crippen LogP contribution in [0.5, 0.6) is 11.5 Å². The summed E-state index contributed by atoms with van der Waals surface area (Å²) in [5.41, 5.74) is 1.03. The van der Waals surface area contributed by atoms with Crippen LogP contribution in [-0.4, -0.2) is 34.7 Å². The number of carbonyl (C=O) groups excluding carboxylic acids is 1. The van der Waals surface area contributed by atoms with E-state index in [0.29, 0.717) is 22.7 Å². The summed E-state index contributed by atoms with van der Waals surface area (Å²) in [6.07, 6.45) is 2.74. The van der Waals surface area contributed by atoms with E-state index >= 15 is 0 Å². The third-order valence-electron chi connectivity index (χ3n) is 4.35. The summed E-state index contributed by atoms with van der Waals surface area (Å²) in [4.78, 5) is 11.9. The zero-order valence-corrected chi connectivity index (χ0v) is 18.5. The first kappa shape index (κ1) is 23.8. The molecule has 3 rings (SSSR count). The first-order chi connectivity index (χ1) is 15.9. The van der Waals surface area contributed by atoms with Gasteiger partial charge in [-0.2, -0.15) is 0 Å². The summed E-state index contributed by atoms with van der Waals surface area (Å²) < 4.78 is 55.8. The maximum atomic E-state index is 12.8. The van der Waals surface area contributed by atoms with Crippen LogP contribution in [0.4, 0.5) is 10.1 Å². The second-order valence-electron chi connectivity index (χ2n) is 6.71. The van der Waals surface area contributed by atoms with Gasteiger partial charge in [-0.25, -0.2) is 17.6 Å². The fourth-order valence-electron chi connectivity index (χ4n) is 2.68. The van der Waals surface area contributed by atoms with Crippen LogP contribution in [0, 0.1) is 5.82 Å². The van der Waals surface area contributed by atoms with Crippen molar-refractivity contribution in [3.8, 4) is 11.5 Å². The first-order valence-electron chi connectivity index (χ1n) is 9.86. The second-order valence-corrected chi connectivity index (χ2v) is 8.39. The Hall–Kier alpha value is -3.85. The topological polar surface area (TPSA) is 90.9 Å². The average molecular weight is 472 g/mol. The summed E-state index contributed by atoms with van der Waals surface area (Å²) in [7, 11) is -2.24. The van der Waals surface area contributed by atoms with Crippen molar-refractivity contribution in [2.24, 2.45) is 0 Å². The molecule has 0 atom stereocenters. The van der Waals surface area contributed by atoms with Gasteiger partial charge in [-0.05, 0) is 72.3 Å². The number of sulfonamides is 1. The number of rotatable bonds is 10. The highest BCUT2D eigenvalue weighted by Crippen LogP contribution is 2.20. The monoisotopic (exact) mass is 471 g/mol. The lowest BCUT2D eigenvalue weighted by atomic mass is 10.2. The van der Waals surface area contributed by atoms with Crippen molar-refractivity contribution in [2.75, 3.05) is 25.0 Å². The molecule has 0 fully saturated rings. The molecular formula is C24H22FNO6S. The Bertz CT molecular complexity index is 1190. The van der Waals surface area contributed by atoms with E-state index in [0.717, 1.165) is 0 Å². The minimum Gasteiger partial charge on any atom is -0.497 e. The van der Waals surface area contributed by atoms with Gasteiger partial charge < -0.3 is 14.2 Å². The van der Waals surface area contributed by atoms with Crippen molar-refractivity contribution in [1.29, 1.82) is 0 Å². The number of hydrogen-bond acceptors (Lipinski definition) is 6. The lowest BCUT2D eigenvalue weighted by Crippen LogP contribution is -2.12. The Morgan fingerprint density at radius 3 is 2.18 bits per heavy atom. The predicted molar refractivity (Wildman–Crippen MR) is 122 cm³/mol. The lowest BCUT2D eigenvalue weighted by molar-refractivity contribution is -0.138. The van der Waals surface area contributed by atoms with Gasteiger partial charge in [0.25, 0.3) is 10.0 Å². The third-order valence-corrected chi connectivity index (χ3v) is 5.75. The van der Waals surface area contributed by atoms with Gasteiger partial charge in [0.15, 0.2) is 0 Å². The fraction of sp³-hybridized carbons (Fsp3) is 0.125. The standard InChI is InChI=1S/C24H22FNO6S/c1-30-21-11-7-20(8-12-21)26-33(28,29)23-13-2-18(3-14-23)4-15-24(27)32-17-16-31-22-9-5-19(25)6-10-22/h2-15,26H,16-17H2,1H3/b15-4+. The normalized spacial score (nSPS) is 11.2. The van der Waals surface area contributed by atoms with Crippen LogP contribution < -0.4 is 14.2 Å². The first-order valence-corrected chi connectivity index (χ1v) is 11.3. The van der Waals surface area contributed by atoms with Crippen molar-refractivity contribution in [3.05, 3.63) is 90.3 Å². The number of ether oxygens (including phenoxy) is 3. The molecule has 3 aromatic carbocycles. The van der Waals surface area contributed by atoms with Crippen LogP contribution in [-0.2, 0) is 19.6 Å². The van der Waals surface area contributed by atoms with Crippen LogP contribution >= 0.6 is 0 Å². The van der Waals surface area contributed by atoms with E-state index < -0.39 is 16.0 Å². The molecule has 3 aromatic rings. The smallest absolute Gasteiger partial charge is 0.330 e. The van der Waals surface area contributed by atoms with Crippen molar-refractivity contribution in [1.82, 2.24) is 0 Å². The average Bonchev–Trinajstić information content (AvgIpc) is 2.82. The molecule has 7 nitrogen and oxygen atoms in total. The Balaban J connectivity index is 1.48. The third kappa shape index (κ3) is 7.36. The summed E-state index contributed by atoms with van der Waals surface area (Å²) in [6.45, 7) is 0.147. The molecule has 33 heavy (non-hydrogen) atoms. The SMILES string of the molecule is COc1ccc(NS(=O)(=O)c2ccc(/C=C/C(=O)OCCOc3ccc(F)cc3)cc2)cc1. The molecule has 0 radical (unpaired) electrons. The Labute approximate surface area is 191 Å². The summed E-state index contributed by atoms with van der Waals surface area (Å²) >= 11 is 0. The van der Waals surface area contributed by atoms with Gasteiger partial charge in [0.1, 0.15) is 30.5 Å². The van der Waals surface area contributed by atoms with Gasteiger partial charge in [-0.1, -0.05) is 12.1 Å². The maximum Gasteiger partial charge on any atom is 0.330 e. The van der Waals surface area contributed by atoms with Crippen LogP contribution in [0.3, 0.4) is 0 Å². The van der Waals surface area contributed by atoms with Crippen LogP contribution in [0.25, 0.3) is 6.08 Å². The molecule has 9 heteroatoms. The molecule has 0 saturated heterocycles. The molecule has 1 N–H and O–H groups in total. The van der Waals surface area contributed by atoms with E-state index in [1.165, 1.54) is 55.7 Å². The maximum absolute atomic E-state index is 12.8. The lowest BCUT2D eigenvalue weighted by Gasteiger charge is -2.09. The Morgan fingerprint density at radius 1 is 0.909 bits per heavy atom. The molecule has 0 bridgehead atoms. The number of carbonyl (C=O) groups is 1. The van der Waals surface area contributed by atoms with Crippen LogP contribution in [0.15, 0.2) is 83.8 Å². The summed E-state index contributed by atoms with van der Waals surface area (Å²) in [6, 6.07) is 18.0. The summed E-state index contributed by atoms with van der Waals surface area (Å²) in [5, 5.41) is 0. The van der Waals surface area contributed by atoms with E-state index in [-0.39, 0.29) is 23.9 Å². The quantitative estimate of drug-likeness (QED) is 0.270. The minimum absolute atomic E-state index is 0.0226. The zero-order valence-electron chi connectivity index (χ0n) is 17.7. The van der Waals surface area contributed by atoms with Gasteiger partial charge >= 0.3 is 5.97 Å². The van der Waals surface area contributed by atoms with Crippen molar-refractivity contribution in [2.45, 2.75) is 4.90 Å². The van der Waals surface area contributed by atoms with Crippen molar-refractivity contribution < 1.29 is 31.8 Å². The van der Waals surface area contributed by atoms with Gasteiger partial charge in [-0.3, -0.25) is 4.72 Å². The fourth-order valence-corrected chi connectivity index (χ4v) is 3.73. The van der Waals surface area contributed by atoms with E-state index in [1.807, 2.05) is 0 Å². The molecule has 0 heterocycles. The van der Waals surface area contributed by atoms with Crippen molar-refractivity contribution >= 4 is 27.8 Å². The molecule has 0 aromatic heterocycles. The molecule has 0 aliphatic heterocycles. The minimum atomic E-state index is -3.76. The number of anilines is 1. The molecule has 172 valence electrons. The van der Waals surface area contributed by atoms with Gasteiger partial charge in [0, 0.05) is 11.8 Å². The number of benzene rings is 3. The molecule has 0 spiro atoms. The summed E-state index contributed by atoms with van der Waals surface area (Å²) in [5.74, 6) is 0.154. The van der Waals surface area contributed by atoms with Gasteiger partial charge in [0.05, 0.1) is 12.0 Å². The molecule has 0 unspecified atom stereocenters. The van der Waals surface area contributed by atoms with E-state index in [4.69, 9.17) is 14.2 Å². The highest BCUT2D eigenvalue weighted by Gasteiger charge is 2.14. The molecule has 0 aliphatic carbocycles. The number of hydrogen-bond donors (Lipinski definition) is 1.